The fraction of sp³-hybridized carbons (Fsp3) is 0.571. The van der Waals surface area contributed by atoms with Crippen LogP contribution in [0.1, 0.15) is 30.6 Å². The van der Waals surface area contributed by atoms with Crippen molar-refractivity contribution >= 4 is 5.97 Å². The fourth-order valence-corrected chi connectivity index (χ4v) is 0.910. The summed E-state index contributed by atoms with van der Waals surface area (Å²) in [6.45, 7) is 0.151. The van der Waals surface area contributed by atoms with Gasteiger partial charge in [0.1, 0.15) is 0 Å². The van der Waals surface area contributed by atoms with Crippen molar-refractivity contribution in [2.75, 3.05) is 0 Å². The Morgan fingerprint density at radius 3 is 2.86 bits per heavy atom. The molecule has 1 rings (SSSR count). The third kappa shape index (κ3) is 2.79. The summed E-state index contributed by atoms with van der Waals surface area (Å²) in [5.74, 6) is -0.305. The molecule has 7 heteroatoms. The van der Waals surface area contributed by atoms with Crippen LogP contribution < -0.4 is 11.5 Å². The molecule has 0 fully saturated rings. The first-order chi connectivity index (χ1) is 6.63. The number of aliphatic carboxylic acids is 1. The summed E-state index contributed by atoms with van der Waals surface area (Å²) in [5.41, 5.74) is 10.9. The molecule has 7 nitrogen and oxygen atoms in total. The Kier molecular flexibility index (Phi) is 3.55. The highest BCUT2D eigenvalue weighted by Gasteiger charge is 2.14. The minimum Gasteiger partial charge on any atom is -0.481 e. The zero-order valence-corrected chi connectivity index (χ0v) is 7.51. The zero-order valence-electron chi connectivity index (χ0n) is 7.51. The number of carboxylic acids is 1. The van der Waals surface area contributed by atoms with Gasteiger partial charge in [-0.05, 0) is 6.42 Å². The summed E-state index contributed by atoms with van der Waals surface area (Å²) in [6, 6.07) is -0.518. The van der Waals surface area contributed by atoms with E-state index in [1.165, 1.54) is 0 Å². The van der Waals surface area contributed by atoms with Crippen LogP contribution in [0.2, 0.25) is 0 Å². The third-order valence-corrected chi connectivity index (χ3v) is 1.66. The summed E-state index contributed by atoms with van der Waals surface area (Å²) in [6.07, 6.45) is 0.256. The average Bonchev–Trinajstić information content (AvgIpc) is 2.62. The van der Waals surface area contributed by atoms with E-state index in [1.807, 2.05) is 0 Å². The lowest BCUT2D eigenvalue weighted by Gasteiger charge is -2.02. The Hall–Kier alpha value is -1.47. The molecule has 1 aromatic rings. The number of carboxylic acid groups (broad SMARTS) is 1. The topological polar surface area (TPSA) is 128 Å². The molecule has 0 bridgehead atoms. The number of aromatic nitrogens is 2. The van der Waals surface area contributed by atoms with Crippen LogP contribution in [0.3, 0.4) is 0 Å². The van der Waals surface area contributed by atoms with Gasteiger partial charge in [-0.1, -0.05) is 5.16 Å². The van der Waals surface area contributed by atoms with Crippen LogP contribution in [0, 0.1) is 0 Å². The van der Waals surface area contributed by atoms with E-state index < -0.39 is 12.0 Å². The second-order valence-electron chi connectivity index (χ2n) is 2.79. The maximum absolute atomic E-state index is 10.3. The van der Waals surface area contributed by atoms with Gasteiger partial charge in [0.2, 0.25) is 5.89 Å². The molecule has 0 aliphatic rings. The van der Waals surface area contributed by atoms with Crippen LogP contribution in [0.15, 0.2) is 4.52 Å². The van der Waals surface area contributed by atoms with Crippen LogP contribution in [-0.2, 0) is 11.3 Å². The molecule has 0 aliphatic heterocycles. The van der Waals surface area contributed by atoms with Gasteiger partial charge >= 0.3 is 5.97 Å². The van der Waals surface area contributed by atoms with E-state index >= 15 is 0 Å². The molecular weight excluding hydrogens is 188 g/mol. The standard InChI is InChI=1S/C7H12N4O3/c8-3-5-10-7(11-14-5)4(9)1-2-6(12)13/h4H,1-3,8-9H2,(H,12,13). The lowest BCUT2D eigenvalue weighted by Crippen LogP contribution is -2.14. The van der Waals surface area contributed by atoms with E-state index in [9.17, 15) is 4.79 Å². The quantitative estimate of drug-likeness (QED) is 0.578. The van der Waals surface area contributed by atoms with Crippen molar-refractivity contribution in [1.29, 1.82) is 0 Å². The maximum atomic E-state index is 10.3. The minimum atomic E-state index is -0.900. The molecule has 0 aliphatic carbocycles. The molecule has 0 radical (unpaired) electrons. The SMILES string of the molecule is NCc1nc(C(N)CCC(=O)O)no1. The number of hydrogen-bond donors (Lipinski definition) is 3. The lowest BCUT2D eigenvalue weighted by atomic mass is 10.1. The van der Waals surface area contributed by atoms with Gasteiger partial charge < -0.3 is 21.1 Å². The van der Waals surface area contributed by atoms with Crippen molar-refractivity contribution in [3.8, 4) is 0 Å². The molecule has 78 valence electrons. The third-order valence-electron chi connectivity index (χ3n) is 1.66. The second kappa shape index (κ2) is 4.68. The summed E-state index contributed by atoms with van der Waals surface area (Å²) >= 11 is 0. The summed E-state index contributed by atoms with van der Waals surface area (Å²) < 4.78 is 4.73. The lowest BCUT2D eigenvalue weighted by molar-refractivity contribution is -0.137. The van der Waals surface area contributed by atoms with Gasteiger partial charge in [0, 0.05) is 6.42 Å². The van der Waals surface area contributed by atoms with Gasteiger partial charge in [-0.3, -0.25) is 4.79 Å². The minimum absolute atomic E-state index is 0.0202. The van der Waals surface area contributed by atoms with Crippen molar-refractivity contribution in [2.24, 2.45) is 11.5 Å². The molecule has 0 saturated carbocycles. The predicted molar refractivity (Wildman–Crippen MR) is 46.0 cm³/mol. The van der Waals surface area contributed by atoms with Crippen LogP contribution in [0.5, 0.6) is 0 Å². The van der Waals surface area contributed by atoms with Gasteiger partial charge in [0.05, 0.1) is 12.6 Å². The highest BCUT2D eigenvalue weighted by Crippen LogP contribution is 2.11. The van der Waals surface area contributed by atoms with E-state index in [4.69, 9.17) is 21.1 Å². The Morgan fingerprint density at radius 2 is 2.36 bits per heavy atom. The van der Waals surface area contributed by atoms with Crippen molar-refractivity contribution in [2.45, 2.75) is 25.4 Å². The van der Waals surface area contributed by atoms with Crippen LogP contribution in [0.25, 0.3) is 0 Å². The van der Waals surface area contributed by atoms with Crippen molar-refractivity contribution < 1.29 is 14.4 Å². The van der Waals surface area contributed by atoms with Crippen LogP contribution in [0.4, 0.5) is 0 Å². The smallest absolute Gasteiger partial charge is 0.303 e. The van der Waals surface area contributed by atoms with Crippen molar-refractivity contribution in [1.82, 2.24) is 10.1 Å². The summed E-state index contributed by atoms with van der Waals surface area (Å²) in [5, 5.41) is 12.0. The van der Waals surface area contributed by atoms with Gasteiger partial charge in [0.15, 0.2) is 5.82 Å². The largest absolute Gasteiger partial charge is 0.481 e. The highest BCUT2D eigenvalue weighted by molar-refractivity contribution is 5.66. The van der Waals surface area contributed by atoms with Gasteiger partial charge in [-0.25, -0.2) is 0 Å². The van der Waals surface area contributed by atoms with Gasteiger partial charge in [-0.2, -0.15) is 4.98 Å². The fourth-order valence-electron chi connectivity index (χ4n) is 0.910. The van der Waals surface area contributed by atoms with E-state index in [-0.39, 0.29) is 19.4 Å². The van der Waals surface area contributed by atoms with E-state index in [2.05, 4.69) is 10.1 Å². The summed E-state index contributed by atoms with van der Waals surface area (Å²) in [4.78, 5) is 14.1. The number of nitrogens with two attached hydrogens (primary N) is 2. The first kappa shape index (κ1) is 10.6. The number of rotatable bonds is 5. The van der Waals surface area contributed by atoms with E-state index in [0.717, 1.165) is 0 Å². The van der Waals surface area contributed by atoms with Crippen molar-refractivity contribution in [3.05, 3.63) is 11.7 Å². The Bertz CT molecular complexity index is 312. The summed E-state index contributed by atoms with van der Waals surface area (Å²) in [7, 11) is 0. The molecule has 1 atom stereocenters. The zero-order chi connectivity index (χ0) is 10.6. The maximum Gasteiger partial charge on any atom is 0.303 e. The molecule has 0 amide bonds. The van der Waals surface area contributed by atoms with Gasteiger partial charge in [0.25, 0.3) is 0 Å². The van der Waals surface area contributed by atoms with E-state index in [0.29, 0.717) is 11.7 Å². The molecule has 1 aromatic heterocycles. The number of carbonyl (C=O) groups is 1. The molecular formula is C7H12N4O3. The molecule has 0 saturated heterocycles. The van der Waals surface area contributed by atoms with E-state index in [1.54, 1.807) is 0 Å². The predicted octanol–water partition coefficient (Wildman–Crippen LogP) is -0.607. The normalized spacial score (nSPS) is 12.7. The van der Waals surface area contributed by atoms with Crippen LogP contribution >= 0.6 is 0 Å². The van der Waals surface area contributed by atoms with Crippen LogP contribution in [-0.4, -0.2) is 21.2 Å². The number of nitrogens with zero attached hydrogens (tertiary/aromatic N) is 2. The number of hydrogen-bond acceptors (Lipinski definition) is 6. The second-order valence-corrected chi connectivity index (χ2v) is 2.79. The Balaban J connectivity index is 2.51. The molecule has 0 aromatic carbocycles. The molecule has 1 heterocycles. The first-order valence-corrected chi connectivity index (χ1v) is 4.13. The Labute approximate surface area is 80.1 Å². The monoisotopic (exact) mass is 200 g/mol. The average molecular weight is 200 g/mol. The highest BCUT2D eigenvalue weighted by atomic mass is 16.5. The van der Waals surface area contributed by atoms with Gasteiger partial charge in [-0.15, -0.1) is 0 Å². The first-order valence-electron chi connectivity index (χ1n) is 4.13. The molecule has 14 heavy (non-hydrogen) atoms. The van der Waals surface area contributed by atoms with Crippen molar-refractivity contribution in [3.63, 3.8) is 0 Å². The molecule has 1 unspecified atom stereocenters. The molecule has 0 spiro atoms. The molecule has 5 N–H and O–H groups in total. The Morgan fingerprint density at radius 1 is 1.64 bits per heavy atom.